The number of nitrogens with one attached hydrogen (secondary N) is 1. The Morgan fingerprint density at radius 1 is 1.33 bits per heavy atom. The van der Waals surface area contributed by atoms with Crippen molar-refractivity contribution in [3.63, 3.8) is 0 Å². The van der Waals surface area contributed by atoms with Crippen LogP contribution in [0.5, 0.6) is 0 Å². The lowest BCUT2D eigenvalue weighted by atomic mass is 9.94. The molecule has 2 aromatic rings. The number of hydrogen-bond donors (Lipinski definition) is 1. The van der Waals surface area contributed by atoms with Gasteiger partial charge in [-0.05, 0) is 50.8 Å². The highest BCUT2D eigenvalue weighted by Crippen LogP contribution is 2.37. The van der Waals surface area contributed by atoms with Gasteiger partial charge in [-0.25, -0.2) is 13.9 Å². The van der Waals surface area contributed by atoms with E-state index in [1.165, 1.54) is 23.5 Å². The second-order valence-electron chi connectivity index (χ2n) is 6.93. The number of ether oxygens (including phenoxy) is 1. The molecule has 0 saturated heterocycles. The molecule has 1 aliphatic carbocycles. The molecule has 0 amide bonds. The van der Waals surface area contributed by atoms with Crippen LogP contribution in [0.2, 0.25) is 0 Å². The fourth-order valence-corrected chi connectivity index (χ4v) is 4.14. The molecule has 0 bridgehead atoms. The summed E-state index contributed by atoms with van der Waals surface area (Å²) in [7, 11) is 0. The number of benzene rings is 1. The zero-order valence-corrected chi connectivity index (χ0v) is 16.5. The zero-order valence-electron chi connectivity index (χ0n) is 14.9. The molecule has 8 heteroatoms. The lowest BCUT2D eigenvalue weighted by Gasteiger charge is -2.30. The van der Waals surface area contributed by atoms with Gasteiger partial charge in [0.25, 0.3) is 0 Å². The summed E-state index contributed by atoms with van der Waals surface area (Å²) in [5, 5.41) is 7.29. The largest absolute Gasteiger partial charge is 0.459 e. The Bertz CT molecular complexity index is 905. The van der Waals surface area contributed by atoms with Crippen molar-refractivity contribution in [1.29, 1.82) is 0 Å². The van der Waals surface area contributed by atoms with E-state index < -0.39 is 17.8 Å². The molecule has 1 aromatic carbocycles. The van der Waals surface area contributed by atoms with Gasteiger partial charge in [-0.2, -0.15) is 10.1 Å². The Kier molecular flexibility index (Phi) is 4.99. The highest BCUT2D eigenvalue weighted by molar-refractivity contribution is 9.10. The minimum Gasteiger partial charge on any atom is -0.459 e. The first-order valence-corrected chi connectivity index (χ1v) is 9.87. The van der Waals surface area contributed by atoms with E-state index in [2.05, 4.69) is 31.3 Å². The minimum atomic E-state index is -0.739. The number of halogens is 2. The topological polar surface area (TPSA) is 69.0 Å². The smallest absolute Gasteiger partial charge is 0.338 e. The van der Waals surface area contributed by atoms with E-state index in [1.54, 1.807) is 19.1 Å². The highest BCUT2D eigenvalue weighted by atomic mass is 79.9. The minimum absolute atomic E-state index is 0.0864. The Morgan fingerprint density at radius 2 is 2.11 bits per heavy atom. The van der Waals surface area contributed by atoms with Gasteiger partial charge in [-0.1, -0.05) is 22.4 Å². The first-order valence-electron chi connectivity index (χ1n) is 9.08. The maximum atomic E-state index is 14.7. The van der Waals surface area contributed by atoms with Crippen LogP contribution < -0.4 is 5.32 Å². The van der Waals surface area contributed by atoms with Gasteiger partial charge in [0.2, 0.25) is 5.95 Å². The molecule has 1 saturated carbocycles. The number of carbonyl (C=O) groups is 1. The highest BCUT2D eigenvalue weighted by Gasteiger charge is 2.37. The third kappa shape index (κ3) is 3.50. The van der Waals surface area contributed by atoms with E-state index in [-0.39, 0.29) is 6.10 Å². The summed E-state index contributed by atoms with van der Waals surface area (Å²) >= 11 is 3.39. The molecule has 0 unspecified atom stereocenters. The van der Waals surface area contributed by atoms with Crippen LogP contribution >= 0.6 is 15.9 Å². The quantitative estimate of drug-likeness (QED) is 0.727. The maximum Gasteiger partial charge on any atom is 0.338 e. The number of fused-ring (bicyclic) bond motifs is 1. The second-order valence-corrected chi connectivity index (χ2v) is 7.84. The van der Waals surface area contributed by atoms with Gasteiger partial charge in [-0.3, -0.25) is 0 Å². The van der Waals surface area contributed by atoms with Crippen LogP contribution in [0.1, 0.15) is 50.6 Å². The summed E-state index contributed by atoms with van der Waals surface area (Å²) in [6.07, 6.45) is 6.33. The molecule has 142 valence electrons. The molecular weight excluding hydrogens is 415 g/mol. The molecule has 2 heterocycles. The predicted octanol–water partition coefficient (Wildman–Crippen LogP) is 4.34. The van der Waals surface area contributed by atoms with Gasteiger partial charge in [0.05, 0.1) is 5.57 Å². The summed E-state index contributed by atoms with van der Waals surface area (Å²) in [6, 6.07) is 3.92. The summed E-state index contributed by atoms with van der Waals surface area (Å²) in [5.41, 5.74) is 1.30. The number of carbonyl (C=O) groups excluding carboxylic acids is 1. The summed E-state index contributed by atoms with van der Waals surface area (Å²) in [6.45, 7) is 1.78. The van der Waals surface area contributed by atoms with Gasteiger partial charge in [0.15, 0.2) is 0 Å². The van der Waals surface area contributed by atoms with Crippen molar-refractivity contribution in [2.45, 2.75) is 51.2 Å². The van der Waals surface area contributed by atoms with Crippen LogP contribution in [-0.2, 0) is 9.53 Å². The summed E-state index contributed by atoms with van der Waals surface area (Å²) in [5.74, 6) is -0.383. The van der Waals surface area contributed by atoms with E-state index in [1.807, 2.05) is 0 Å². The number of allylic oxidation sites excluding steroid dienone is 1. The number of anilines is 1. The Hall–Kier alpha value is -2.22. The molecule has 0 radical (unpaired) electrons. The maximum absolute atomic E-state index is 14.7. The summed E-state index contributed by atoms with van der Waals surface area (Å²) in [4.78, 5) is 17.2. The van der Waals surface area contributed by atoms with Gasteiger partial charge in [0.1, 0.15) is 24.3 Å². The number of nitrogens with zero attached hydrogens (tertiary/aromatic N) is 3. The Morgan fingerprint density at radius 3 is 2.89 bits per heavy atom. The van der Waals surface area contributed by atoms with E-state index in [4.69, 9.17) is 4.74 Å². The third-order valence-electron chi connectivity index (χ3n) is 5.09. The van der Waals surface area contributed by atoms with E-state index in [0.717, 1.165) is 30.2 Å². The van der Waals surface area contributed by atoms with Crippen molar-refractivity contribution in [3.8, 4) is 0 Å². The van der Waals surface area contributed by atoms with E-state index >= 15 is 0 Å². The van der Waals surface area contributed by atoms with Gasteiger partial charge in [0, 0.05) is 15.7 Å². The standard InChI is InChI=1S/C19H20BrFN4O2/c1-11-16(18(26)27-13-5-3-2-4-6-13)17(25-19(24-11)22-10-23-25)14-9-12(20)7-8-15(14)21/h7-10,13,17H,2-6H2,1H3,(H,22,23,24)/t17-/m0/s1. The number of rotatable bonds is 3. The average molecular weight is 435 g/mol. The van der Waals surface area contributed by atoms with Crippen LogP contribution in [0.25, 0.3) is 0 Å². The van der Waals surface area contributed by atoms with Crippen molar-refractivity contribution < 1.29 is 13.9 Å². The molecule has 1 N–H and O–H groups in total. The van der Waals surface area contributed by atoms with Gasteiger partial charge < -0.3 is 10.1 Å². The molecule has 0 spiro atoms. The third-order valence-corrected chi connectivity index (χ3v) is 5.59. The van der Waals surface area contributed by atoms with Crippen molar-refractivity contribution in [3.05, 3.63) is 51.6 Å². The normalized spacial score (nSPS) is 20.2. The number of hydrogen-bond acceptors (Lipinski definition) is 5. The van der Waals surface area contributed by atoms with Gasteiger partial charge >= 0.3 is 5.97 Å². The average Bonchev–Trinajstić information content (AvgIpc) is 3.11. The lowest BCUT2D eigenvalue weighted by Crippen LogP contribution is -2.32. The number of aromatic nitrogens is 3. The van der Waals surface area contributed by atoms with Crippen molar-refractivity contribution >= 4 is 27.8 Å². The van der Waals surface area contributed by atoms with Gasteiger partial charge in [-0.15, -0.1) is 0 Å². The monoisotopic (exact) mass is 434 g/mol. The first kappa shape index (κ1) is 18.2. The lowest BCUT2D eigenvalue weighted by molar-refractivity contribution is -0.146. The van der Waals surface area contributed by atoms with Crippen molar-refractivity contribution in [2.75, 3.05) is 5.32 Å². The zero-order chi connectivity index (χ0) is 19.0. The molecular formula is C19H20BrFN4O2. The number of esters is 1. The van der Waals surface area contributed by atoms with Crippen LogP contribution in [0, 0.1) is 5.82 Å². The molecule has 2 aliphatic rings. The molecule has 27 heavy (non-hydrogen) atoms. The molecule has 1 aliphatic heterocycles. The molecule has 1 atom stereocenters. The first-order chi connectivity index (χ1) is 13.0. The molecule has 6 nitrogen and oxygen atoms in total. The predicted molar refractivity (Wildman–Crippen MR) is 102 cm³/mol. The van der Waals surface area contributed by atoms with E-state index in [9.17, 15) is 9.18 Å². The van der Waals surface area contributed by atoms with Crippen LogP contribution in [0.15, 0.2) is 40.3 Å². The fraction of sp³-hybridized carbons (Fsp3) is 0.421. The Balaban J connectivity index is 1.75. The fourth-order valence-electron chi connectivity index (χ4n) is 3.76. The van der Waals surface area contributed by atoms with Crippen LogP contribution in [0.4, 0.5) is 10.3 Å². The molecule has 4 rings (SSSR count). The molecule has 1 aromatic heterocycles. The summed E-state index contributed by atoms with van der Waals surface area (Å²) < 4.78 is 22.7. The van der Waals surface area contributed by atoms with Crippen molar-refractivity contribution in [2.24, 2.45) is 0 Å². The second kappa shape index (κ2) is 7.42. The van der Waals surface area contributed by atoms with Crippen LogP contribution in [-0.4, -0.2) is 26.8 Å². The molecule has 1 fully saturated rings. The SMILES string of the molecule is CC1=C(C(=O)OC2CCCCC2)[C@H](c2cc(Br)ccc2F)n2ncnc2N1. The van der Waals surface area contributed by atoms with E-state index in [0.29, 0.717) is 22.8 Å². The Labute approximate surface area is 164 Å². The van der Waals surface area contributed by atoms with Crippen LogP contribution in [0.3, 0.4) is 0 Å². The van der Waals surface area contributed by atoms with Crippen molar-refractivity contribution in [1.82, 2.24) is 14.8 Å².